The minimum absolute atomic E-state index is 0. The number of hydrogen-bond donors (Lipinski definition) is 2. The largest absolute Gasteiger partial charge is 0.469 e. The van der Waals surface area contributed by atoms with Crippen LogP contribution in [0.1, 0.15) is 27.2 Å². The van der Waals surface area contributed by atoms with Gasteiger partial charge in [0.2, 0.25) is 0 Å². The summed E-state index contributed by atoms with van der Waals surface area (Å²) in [6, 6.07) is 0.320. The van der Waals surface area contributed by atoms with E-state index < -0.39 is 0 Å². The van der Waals surface area contributed by atoms with Crippen molar-refractivity contribution in [2.75, 3.05) is 20.2 Å². The molecule has 0 atom stereocenters. The number of ether oxygens (including phenoxy) is 1. The molecule has 0 aromatic rings. The highest BCUT2D eigenvalue weighted by Gasteiger charge is 2.01. The molecule has 0 rings (SSSR count). The van der Waals surface area contributed by atoms with Crippen molar-refractivity contribution in [1.29, 1.82) is 0 Å². The molecule has 0 saturated heterocycles. The number of carbonyl (C=O) groups is 1. The number of carbonyl (C=O) groups excluding carboxylic acids is 1. The summed E-state index contributed by atoms with van der Waals surface area (Å²) < 4.78 is 4.52. The predicted octanol–water partition coefficient (Wildman–Crippen LogP) is 1.13. The second-order valence-electron chi connectivity index (χ2n) is 3.39. The van der Waals surface area contributed by atoms with E-state index in [9.17, 15) is 4.79 Å². The predicted molar refractivity (Wildman–Crippen MR) is 76.3 cm³/mol. The highest BCUT2D eigenvalue weighted by atomic mass is 127. The first kappa shape index (κ1) is 17.9. The molecule has 0 aromatic carbocycles. The van der Waals surface area contributed by atoms with Gasteiger partial charge in [-0.2, -0.15) is 0 Å². The monoisotopic (exact) mass is 343 g/mol. The van der Waals surface area contributed by atoms with Crippen LogP contribution < -0.4 is 10.6 Å². The van der Waals surface area contributed by atoms with E-state index in [4.69, 9.17) is 0 Å². The Bertz CT molecular complexity index is 220. The maximum Gasteiger partial charge on any atom is 0.307 e. The van der Waals surface area contributed by atoms with Crippen molar-refractivity contribution in [3.05, 3.63) is 0 Å². The summed E-state index contributed by atoms with van der Waals surface area (Å²) in [6.45, 7) is 7.31. The smallest absolute Gasteiger partial charge is 0.307 e. The van der Waals surface area contributed by atoms with Crippen LogP contribution in [0.4, 0.5) is 0 Å². The van der Waals surface area contributed by atoms with E-state index in [0.29, 0.717) is 19.0 Å². The van der Waals surface area contributed by atoms with Crippen LogP contribution in [0.3, 0.4) is 0 Å². The Labute approximate surface area is 114 Å². The van der Waals surface area contributed by atoms with Gasteiger partial charge in [0.15, 0.2) is 5.96 Å². The highest BCUT2D eigenvalue weighted by molar-refractivity contribution is 14.0. The van der Waals surface area contributed by atoms with Crippen molar-refractivity contribution in [3.63, 3.8) is 0 Å². The molecule has 0 fully saturated rings. The summed E-state index contributed by atoms with van der Waals surface area (Å²) in [5, 5.41) is 6.25. The Morgan fingerprint density at radius 1 is 1.44 bits per heavy atom. The fourth-order valence-corrected chi connectivity index (χ4v) is 0.955. The first-order valence-corrected chi connectivity index (χ1v) is 5.21. The van der Waals surface area contributed by atoms with Crippen molar-refractivity contribution in [2.45, 2.75) is 33.2 Å². The molecule has 0 spiro atoms. The molecule has 0 aliphatic carbocycles. The summed E-state index contributed by atoms with van der Waals surface area (Å²) in [7, 11) is 1.38. The number of esters is 1. The van der Waals surface area contributed by atoms with Crippen LogP contribution >= 0.6 is 24.0 Å². The zero-order valence-electron chi connectivity index (χ0n) is 10.4. The number of methoxy groups -OCH3 is 1. The topological polar surface area (TPSA) is 62.7 Å². The van der Waals surface area contributed by atoms with Crippen LogP contribution in [0, 0.1) is 0 Å². The third-order valence-corrected chi connectivity index (χ3v) is 1.58. The standard InChI is InChI=1S/C10H21N3O2.HI/c1-5-11-10(13-8(2)3)12-7-6-9(14)15-4;/h8H,5-7H2,1-4H3,(H2,11,12,13);1H. The number of guanidine groups is 1. The van der Waals surface area contributed by atoms with E-state index in [-0.39, 0.29) is 29.9 Å². The van der Waals surface area contributed by atoms with Gasteiger partial charge in [-0.15, -0.1) is 24.0 Å². The van der Waals surface area contributed by atoms with E-state index in [1.165, 1.54) is 7.11 Å². The number of nitrogens with one attached hydrogen (secondary N) is 2. The molecule has 0 saturated carbocycles. The van der Waals surface area contributed by atoms with Crippen LogP contribution in [0.2, 0.25) is 0 Å². The Hall–Kier alpha value is -0.530. The summed E-state index contributed by atoms with van der Waals surface area (Å²) in [5.74, 6) is 0.496. The van der Waals surface area contributed by atoms with E-state index in [1.54, 1.807) is 0 Å². The minimum Gasteiger partial charge on any atom is -0.469 e. The average Bonchev–Trinajstić information content (AvgIpc) is 2.16. The summed E-state index contributed by atoms with van der Waals surface area (Å²) in [4.78, 5) is 15.1. The lowest BCUT2D eigenvalue weighted by Gasteiger charge is -2.13. The summed E-state index contributed by atoms with van der Waals surface area (Å²) in [5.41, 5.74) is 0. The van der Waals surface area contributed by atoms with Gasteiger partial charge in [-0.1, -0.05) is 0 Å². The molecule has 0 amide bonds. The van der Waals surface area contributed by atoms with Crippen LogP contribution in [-0.2, 0) is 9.53 Å². The molecule has 0 aromatic heterocycles. The van der Waals surface area contributed by atoms with Crippen molar-refractivity contribution in [2.24, 2.45) is 4.99 Å². The molecule has 0 bridgehead atoms. The Kier molecular flexibility index (Phi) is 12.2. The van der Waals surface area contributed by atoms with Crippen LogP contribution in [0.25, 0.3) is 0 Å². The molecular formula is C10H22IN3O2. The van der Waals surface area contributed by atoms with Crippen LogP contribution in [-0.4, -0.2) is 38.2 Å². The van der Waals surface area contributed by atoms with Gasteiger partial charge in [-0.3, -0.25) is 9.79 Å². The van der Waals surface area contributed by atoms with E-state index in [1.807, 2.05) is 20.8 Å². The number of rotatable bonds is 5. The average molecular weight is 343 g/mol. The van der Waals surface area contributed by atoms with E-state index in [2.05, 4.69) is 20.4 Å². The molecule has 5 nitrogen and oxygen atoms in total. The fraction of sp³-hybridized carbons (Fsp3) is 0.800. The van der Waals surface area contributed by atoms with Crippen molar-refractivity contribution in [1.82, 2.24) is 10.6 Å². The molecule has 6 heteroatoms. The number of hydrogen-bond acceptors (Lipinski definition) is 3. The minimum atomic E-state index is -0.237. The van der Waals surface area contributed by atoms with Crippen molar-refractivity contribution >= 4 is 35.9 Å². The summed E-state index contributed by atoms with van der Waals surface area (Å²) >= 11 is 0. The highest BCUT2D eigenvalue weighted by Crippen LogP contribution is 1.86. The first-order valence-electron chi connectivity index (χ1n) is 5.21. The van der Waals surface area contributed by atoms with Crippen molar-refractivity contribution < 1.29 is 9.53 Å². The van der Waals surface area contributed by atoms with Gasteiger partial charge in [0.1, 0.15) is 0 Å². The Morgan fingerprint density at radius 2 is 2.06 bits per heavy atom. The molecule has 0 unspecified atom stereocenters. The van der Waals surface area contributed by atoms with Gasteiger partial charge in [0.25, 0.3) is 0 Å². The zero-order valence-corrected chi connectivity index (χ0v) is 12.7. The van der Waals surface area contributed by atoms with Gasteiger partial charge in [-0.05, 0) is 20.8 Å². The van der Waals surface area contributed by atoms with E-state index in [0.717, 1.165) is 12.5 Å². The van der Waals surface area contributed by atoms with Crippen molar-refractivity contribution in [3.8, 4) is 0 Å². The second-order valence-corrected chi connectivity index (χ2v) is 3.39. The molecule has 0 aliphatic heterocycles. The molecule has 2 N–H and O–H groups in total. The Balaban J connectivity index is 0. The molecule has 96 valence electrons. The third kappa shape index (κ3) is 10.0. The molecule has 0 heterocycles. The van der Waals surface area contributed by atoms with Crippen LogP contribution in [0.15, 0.2) is 4.99 Å². The zero-order chi connectivity index (χ0) is 11.7. The third-order valence-electron chi connectivity index (χ3n) is 1.58. The van der Waals surface area contributed by atoms with E-state index >= 15 is 0 Å². The van der Waals surface area contributed by atoms with Gasteiger partial charge in [-0.25, -0.2) is 0 Å². The van der Waals surface area contributed by atoms with Gasteiger partial charge < -0.3 is 15.4 Å². The lowest BCUT2D eigenvalue weighted by atomic mass is 10.4. The van der Waals surface area contributed by atoms with Gasteiger partial charge >= 0.3 is 5.97 Å². The lowest BCUT2D eigenvalue weighted by Crippen LogP contribution is -2.41. The summed E-state index contributed by atoms with van der Waals surface area (Å²) in [6.07, 6.45) is 0.311. The number of nitrogens with zero attached hydrogens (tertiary/aromatic N) is 1. The van der Waals surface area contributed by atoms with Gasteiger partial charge in [0.05, 0.1) is 20.1 Å². The molecule has 0 radical (unpaired) electrons. The lowest BCUT2D eigenvalue weighted by molar-refractivity contribution is -0.140. The second kappa shape index (κ2) is 11.0. The molecule has 16 heavy (non-hydrogen) atoms. The van der Waals surface area contributed by atoms with Gasteiger partial charge in [0, 0.05) is 12.6 Å². The SMILES string of the molecule is CCNC(=NCCC(=O)OC)NC(C)C.I. The molecular weight excluding hydrogens is 321 g/mol. The Morgan fingerprint density at radius 3 is 2.50 bits per heavy atom. The number of halogens is 1. The number of aliphatic imine (C=N–C) groups is 1. The van der Waals surface area contributed by atoms with Crippen LogP contribution in [0.5, 0.6) is 0 Å². The maximum absolute atomic E-state index is 10.8. The first-order chi connectivity index (χ1) is 7.10. The molecule has 0 aliphatic rings. The maximum atomic E-state index is 10.8. The normalized spacial score (nSPS) is 10.7. The quantitative estimate of drug-likeness (QED) is 0.340. The fourth-order valence-electron chi connectivity index (χ4n) is 0.955.